The van der Waals surface area contributed by atoms with Crippen molar-refractivity contribution in [3.63, 3.8) is 0 Å². The maximum Gasteiger partial charge on any atom is 0.113 e. The lowest BCUT2D eigenvalue weighted by Crippen LogP contribution is -2.20. The van der Waals surface area contributed by atoms with E-state index in [-0.39, 0.29) is 0 Å². The highest BCUT2D eigenvalue weighted by Gasteiger charge is 2.07. The van der Waals surface area contributed by atoms with Gasteiger partial charge in [0.05, 0.1) is 12.2 Å². The van der Waals surface area contributed by atoms with E-state index >= 15 is 0 Å². The molecule has 0 saturated heterocycles. The number of nitrogens with zero attached hydrogens (tertiary/aromatic N) is 2. The fourth-order valence-corrected chi connectivity index (χ4v) is 2.94. The first-order valence-electron chi connectivity index (χ1n) is 6.84. The van der Waals surface area contributed by atoms with Gasteiger partial charge in [-0.1, -0.05) is 13.8 Å². The van der Waals surface area contributed by atoms with Crippen LogP contribution in [-0.4, -0.2) is 16.1 Å². The van der Waals surface area contributed by atoms with Crippen LogP contribution in [0, 0.1) is 19.8 Å². The van der Waals surface area contributed by atoms with E-state index in [1.54, 1.807) is 11.3 Å². The topological polar surface area (TPSA) is 29.9 Å². The molecule has 0 radical (unpaired) electrons. The van der Waals surface area contributed by atoms with Gasteiger partial charge < -0.3 is 9.88 Å². The largest absolute Gasteiger partial charge is 0.343 e. The monoisotopic (exact) mass is 277 g/mol. The fourth-order valence-electron chi connectivity index (χ4n) is 2.01. The number of thiazole rings is 1. The summed E-state index contributed by atoms with van der Waals surface area (Å²) >= 11 is 1.80. The third kappa shape index (κ3) is 3.91. The van der Waals surface area contributed by atoms with Crippen molar-refractivity contribution in [2.45, 2.75) is 40.8 Å². The van der Waals surface area contributed by atoms with Crippen molar-refractivity contribution in [3.8, 4) is 0 Å². The van der Waals surface area contributed by atoms with Gasteiger partial charge in [0.2, 0.25) is 0 Å². The van der Waals surface area contributed by atoms with E-state index in [2.05, 4.69) is 60.9 Å². The Balaban J connectivity index is 1.99. The molecule has 0 bridgehead atoms. The second-order valence-corrected chi connectivity index (χ2v) is 6.69. The minimum atomic E-state index is 0.688. The highest BCUT2D eigenvalue weighted by molar-refractivity contribution is 7.11. The number of hydrogen-bond acceptors (Lipinski definition) is 3. The predicted molar refractivity (Wildman–Crippen MR) is 81.7 cm³/mol. The SMILES string of the molecule is Cc1nc(Cn2cccc2CNCC(C)C)sc1C. The Labute approximate surface area is 119 Å². The number of aryl methyl sites for hydroxylation is 2. The predicted octanol–water partition coefficient (Wildman–Crippen LogP) is 3.36. The van der Waals surface area contributed by atoms with Gasteiger partial charge in [0.1, 0.15) is 5.01 Å². The minimum Gasteiger partial charge on any atom is -0.343 e. The summed E-state index contributed by atoms with van der Waals surface area (Å²) in [7, 11) is 0. The number of hydrogen-bond donors (Lipinski definition) is 1. The Hall–Kier alpha value is -1.13. The normalized spacial score (nSPS) is 11.4. The summed E-state index contributed by atoms with van der Waals surface area (Å²) < 4.78 is 2.28. The van der Waals surface area contributed by atoms with Crippen LogP contribution in [0.25, 0.3) is 0 Å². The van der Waals surface area contributed by atoms with Crippen molar-refractivity contribution >= 4 is 11.3 Å². The van der Waals surface area contributed by atoms with E-state index in [0.29, 0.717) is 5.92 Å². The van der Waals surface area contributed by atoms with Crippen LogP contribution in [0.15, 0.2) is 18.3 Å². The molecule has 2 aromatic rings. The molecule has 19 heavy (non-hydrogen) atoms. The molecule has 2 heterocycles. The Kier molecular flexibility index (Phi) is 4.77. The highest BCUT2D eigenvalue weighted by atomic mass is 32.1. The lowest BCUT2D eigenvalue weighted by atomic mass is 10.2. The first-order valence-corrected chi connectivity index (χ1v) is 7.65. The third-order valence-electron chi connectivity index (χ3n) is 3.16. The summed E-state index contributed by atoms with van der Waals surface area (Å²) in [6.45, 7) is 11.5. The van der Waals surface area contributed by atoms with E-state index in [4.69, 9.17) is 0 Å². The standard InChI is InChI=1S/C15H23N3S/c1-11(2)8-16-9-14-6-5-7-18(14)10-15-17-12(3)13(4)19-15/h5-7,11,16H,8-10H2,1-4H3. The summed E-state index contributed by atoms with van der Waals surface area (Å²) in [4.78, 5) is 5.93. The van der Waals surface area contributed by atoms with Gasteiger partial charge in [0.25, 0.3) is 0 Å². The van der Waals surface area contributed by atoms with Gasteiger partial charge in [-0.15, -0.1) is 11.3 Å². The molecule has 0 atom stereocenters. The van der Waals surface area contributed by atoms with E-state index in [0.717, 1.165) is 25.3 Å². The number of aromatic nitrogens is 2. The Bertz CT molecular complexity index is 506. The molecule has 0 unspecified atom stereocenters. The van der Waals surface area contributed by atoms with Gasteiger partial charge in [-0.05, 0) is 38.4 Å². The zero-order valence-electron chi connectivity index (χ0n) is 12.2. The molecule has 3 nitrogen and oxygen atoms in total. The zero-order valence-corrected chi connectivity index (χ0v) is 13.0. The Morgan fingerprint density at radius 3 is 2.79 bits per heavy atom. The van der Waals surface area contributed by atoms with Crippen molar-refractivity contribution in [1.82, 2.24) is 14.9 Å². The van der Waals surface area contributed by atoms with Gasteiger partial charge in [0.15, 0.2) is 0 Å². The summed E-state index contributed by atoms with van der Waals surface area (Å²) in [5, 5.41) is 4.68. The first kappa shape index (κ1) is 14.3. The maximum atomic E-state index is 4.61. The quantitative estimate of drug-likeness (QED) is 0.877. The van der Waals surface area contributed by atoms with Crippen LogP contribution < -0.4 is 5.32 Å². The van der Waals surface area contributed by atoms with Crippen LogP contribution in [0.4, 0.5) is 0 Å². The molecule has 0 aliphatic carbocycles. The fraction of sp³-hybridized carbons (Fsp3) is 0.533. The molecule has 0 aliphatic heterocycles. The minimum absolute atomic E-state index is 0.688. The van der Waals surface area contributed by atoms with Crippen molar-refractivity contribution in [2.24, 2.45) is 5.92 Å². The lowest BCUT2D eigenvalue weighted by Gasteiger charge is -2.10. The Morgan fingerprint density at radius 1 is 1.37 bits per heavy atom. The van der Waals surface area contributed by atoms with Crippen molar-refractivity contribution < 1.29 is 0 Å². The third-order valence-corrected chi connectivity index (χ3v) is 4.22. The summed E-state index contributed by atoms with van der Waals surface area (Å²) in [6.07, 6.45) is 2.14. The molecule has 2 aromatic heterocycles. The number of nitrogens with one attached hydrogen (secondary N) is 1. The molecular formula is C15H23N3S. The number of rotatable bonds is 6. The van der Waals surface area contributed by atoms with Gasteiger partial charge >= 0.3 is 0 Å². The summed E-state index contributed by atoms with van der Waals surface area (Å²) in [5.74, 6) is 0.688. The second kappa shape index (κ2) is 6.35. The molecule has 0 spiro atoms. The molecular weight excluding hydrogens is 254 g/mol. The van der Waals surface area contributed by atoms with Crippen LogP contribution in [0.3, 0.4) is 0 Å². The summed E-state index contributed by atoms with van der Waals surface area (Å²) in [6, 6.07) is 4.29. The molecule has 0 aromatic carbocycles. The van der Waals surface area contributed by atoms with Gasteiger partial charge in [-0.3, -0.25) is 0 Å². The molecule has 2 rings (SSSR count). The van der Waals surface area contributed by atoms with Crippen LogP contribution in [0.1, 0.15) is 35.1 Å². The lowest BCUT2D eigenvalue weighted by molar-refractivity contribution is 0.539. The van der Waals surface area contributed by atoms with Crippen LogP contribution in [-0.2, 0) is 13.1 Å². The molecule has 0 amide bonds. The summed E-state index contributed by atoms with van der Waals surface area (Å²) in [5.41, 5.74) is 2.48. The van der Waals surface area contributed by atoms with Crippen LogP contribution in [0.2, 0.25) is 0 Å². The zero-order chi connectivity index (χ0) is 13.8. The average molecular weight is 277 g/mol. The molecule has 1 N–H and O–H groups in total. The van der Waals surface area contributed by atoms with Crippen molar-refractivity contribution in [3.05, 3.63) is 39.6 Å². The molecule has 0 fully saturated rings. The average Bonchev–Trinajstić information content (AvgIpc) is 2.88. The van der Waals surface area contributed by atoms with E-state index in [1.165, 1.54) is 15.6 Å². The van der Waals surface area contributed by atoms with E-state index in [1.807, 2.05) is 0 Å². The van der Waals surface area contributed by atoms with E-state index in [9.17, 15) is 0 Å². The Morgan fingerprint density at radius 2 is 2.16 bits per heavy atom. The van der Waals surface area contributed by atoms with Crippen LogP contribution in [0.5, 0.6) is 0 Å². The van der Waals surface area contributed by atoms with Gasteiger partial charge in [-0.25, -0.2) is 4.98 Å². The van der Waals surface area contributed by atoms with Crippen molar-refractivity contribution in [2.75, 3.05) is 6.54 Å². The van der Waals surface area contributed by atoms with Crippen molar-refractivity contribution in [1.29, 1.82) is 0 Å². The molecule has 0 aliphatic rings. The van der Waals surface area contributed by atoms with Gasteiger partial charge in [0, 0.05) is 23.3 Å². The molecule has 104 valence electrons. The highest BCUT2D eigenvalue weighted by Crippen LogP contribution is 2.18. The molecule has 4 heteroatoms. The molecule has 0 saturated carbocycles. The van der Waals surface area contributed by atoms with Crippen LogP contribution >= 0.6 is 11.3 Å². The second-order valence-electron chi connectivity index (χ2n) is 5.40. The van der Waals surface area contributed by atoms with Gasteiger partial charge in [-0.2, -0.15) is 0 Å². The smallest absolute Gasteiger partial charge is 0.113 e. The first-order chi connectivity index (χ1) is 9.06. The van der Waals surface area contributed by atoms with E-state index < -0.39 is 0 Å². The maximum absolute atomic E-state index is 4.61.